The largest absolute Gasteiger partial charge is 0.395 e. The fraction of sp³-hybridized carbons (Fsp3) is 0.867. The van der Waals surface area contributed by atoms with Crippen molar-refractivity contribution in [3.8, 4) is 0 Å². The minimum absolute atomic E-state index is 0.0317. The van der Waals surface area contributed by atoms with Gasteiger partial charge in [0.1, 0.15) is 11.4 Å². The van der Waals surface area contributed by atoms with Gasteiger partial charge in [-0.05, 0) is 75.5 Å². The average molecular weight is 521 g/mol. The molecule has 37 heavy (non-hydrogen) atoms. The summed E-state index contributed by atoms with van der Waals surface area (Å²) in [6.45, 7) is 12.4. The molecule has 7 nitrogen and oxygen atoms in total. The third kappa shape index (κ3) is 3.86. The van der Waals surface area contributed by atoms with Crippen LogP contribution in [0.1, 0.15) is 93.4 Å². The maximum Gasteiger partial charge on any atom is 0.164 e. The van der Waals surface area contributed by atoms with Crippen LogP contribution in [0.3, 0.4) is 0 Å². The van der Waals surface area contributed by atoms with Crippen LogP contribution in [-0.2, 0) is 9.59 Å². The van der Waals surface area contributed by atoms with Gasteiger partial charge in [-0.25, -0.2) is 0 Å². The van der Waals surface area contributed by atoms with Crippen molar-refractivity contribution in [1.82, 2.24) is 0 Å². The van der Waals surface area contributed by atoms with Gasteiger partial charge in [0.05, 0.1) is 29.8 Å². The number of aliphatic hydroxyl groups is 5. The van der Waals surface area contributed by atoms with Crippen LogP contribution in [0.15, 0.2) is 11.6 Å². The summed E-state index contributed by atoms with van der Waals surface area (Å²) in [5.74, 6) is -1.81. The van der Waals surface area contributed by atoms with Crippen molar-refractivity contribution in [2.75, 3.05) is 6.61 Å². The molecule has 210 valence electrons. The molecule has 3 saturated carbocycles. The van der Waals surface area contributed by atoms with E-state index in [4.69, 9.17) is 0 Å². The molecule has 0 aliphatic heterocycles. The normalized spacial score (nSPS) is 44.8. The van der Waals surface area contributed by atoms with E-state index >= 15 is 0 Å². The summed E-state index contributed by atoms with van der Waals surface area (Å²) in [5, 5.41) is 55.0. The molecule has 5 N–H and O–H groups in total. The van der Waals surface area contributed by atoms with Crippen molar-refractivity contribution in [3.05, 3.63) is 11.6 Å². The summed E-state index contributed by atoms with van der Waals surface area (Å²) < 4.78 is 0. The van der Waals surface area contributed by atoms with Crippen molar-refractivity contribution in [2.45, 2.75) is 117 Å². The second-order valence-electron chi connectivity index (χ2n) is 14.6. The molecular formula is C30H48O7. The molecule has 4 aliphatic rings. The van der Waals surface area contributed by atoms with Gasteiger partial charge in [-0.15, -0.1) is 0 Å². The van der Waals surface area contributed by atoms with Gasteiger partial charge in [0, 0.05) is 24.2 Å². The molecule has 4 rings (SSSR count). The zero-order valence-corrected chi connectivity index (χ0v) is 23.7. The molecule has 0 aromatic heterocycles. The van der Waals surface area contributed by atoms with E-state index in [2.05, 4.69) is 13.0 Å². The molecular weight excluding hydrogens is 472 g/mol. The molecule has 0 spiro atoms. The van der Waals surface area contributed by atoms with E-state index in [1.807, 2.05) is 20.8 Å². The Morgan fingerprint density at radius 2 is 1.68 bits per heavy atom. The van der Waals surface area contributed by atoms with Crippen LogP contribution in [0.2, 0.25) is 0 Å². The van der Waals surface area contributed by atoms with Gasteiger partial charge in [-0.3, -0.25) is 9.59 Å². The Morgan fingerprint density at radius 1 is 1.05 bits per heavy atom. The number of allylic oxidation sites excluding steroid dienone is 1. The van der Waals surface area contributed by atoms with Crippen LogP contribution >= 0.6 is 0 Å². The Bertz CT molecular complexity index is 990. The fourth-order valence-electron chi connectivity index (χ4n) is 9.40. The lowest BCUT2D eigenvalue weighted by atomic mass is 9.38. The van der Waals surface area contributed by atoms with E-state index in [0.29, 0.717) is 25.7 Å². The van der Waals surface area contributed by atoms with Gasteiger partial charge >= 0.3 is 0 Å². The molecule has 0 amide bonds. The number of carbonyl (C=O) groups is 2. The van der Waals surface area contributed by atoms with Gasteiger partial charge < -0.3 is 25.5 Å². The first-order chi connectivity index (χ1) is 16.8. The molecule has 0 unspecified atom stereocenters. The van der Waals surface area contributed by atoms with E-state index in [1.54, 1.807) is 13.8 Å². The summed E-state index contributed by atoms with van der Waals surface area (Å²) in [6, 6.07) is 0. The van der Waals surface area contributed by atoms with Crippen LogP contribution in [-0.4, -0.2) is 67.1 Å². The summed E-state index contributed by atoms with van der Waals surface area (Å²) in [7, 11) is 0. The van der Waals surface area contributed by atoms with E-state index in [9.17, 15) is 35.1 Å². The van der Waals surface area contributed by atoms with Crippen molar-refractivity contribution in [3.63, 3.8) is 0 Å². The van der Waals surface area contributed by atoms with E-state index in [1.165, 1.54) is 6.92 Å². The third-order valence-electron chi connectivity index (χ3n) is 11.7. The number of rotatable bonds is 6. The lowest BCUT2D eigenvalue weighted by molar-refractivity contribution is -0.192. The first-order valence-electron chi connectivity index (χ1n) is 14.0. The molecule has 0 radical (unpaired) electrons. The number of hydrogen-bond donors (Lipinski definition) is 5. The first kappa shape index (κ1) is 28.9. The molecule has 4 aliphatic carbocycles. The predicted octanol–water partition coefficient (Wildman–Crippen LogP) is 2.95. The number of carbonyl (C=O) groups excluding carboxylic acids is 2. The van der Waals surface area contributed by atoms with E-state index in [0.717, 1.165) is 5.57 Å². The van der Waals surface area contributed by atoms with Crippen LogP contribution in [0.5, 0.6) is 0 Å². The Labute approximate surface area is 221 Å². The molecule has 0 bridgehead atoms. The van der Waals surface area contributed by atoms with Crippen molar-refractivity contribution in [2.24, 2.45) is 39.4 Å². The van der Waals surface area contributed by atoms with Crippen molar-refractivity contribution >= 4 is 11.6 Å². The highest BCUT2D eigenvalue weighted by Gasteiger charge is 2.75. The highest BCUT2D eigenvalue weighted by molar-refractivity contribution is 5.90. The lowest BCUT2D eigenvalue weighted by Crippen LogP contribution is -2.66. The van der Waals surface area contributed by atoms with E-state index in [-0.39, 0.29) is 43.5 Å². The molecule has 9 atom stereocenters. The Hall–Kier alpha value is -1.12. The van der Waals surface area contributed by atoms with Gasteiger partial charge in [0.25, 0.3) is 0 Å². The first-order valence-corrected chi connectivity index (χ1v) is 14.0. The average Bonchev–Trinajstić information content (AvgIpc) is 2.98. The molecule has 7 heteroatoms. The van der Waals surface area contributed by atoms with Gasteiger partial charge in [0.2, 0.25) is 0 Å². The third-order valence-corrected chi connectivity index (χ3v) is 11.7. The van der Waals surface area contributed by atoms with Crippen LogP contribution in [0.4, 0.5) is 0 Å². The van der Waals surface area contributed by atoms with Crippen LogP contribution in [0.25, 0.3) is 0 Å². The topological polar surface area (TPSA) is 135 Å². The summed E-state index contributed by atoms with van der Waals surface area (Å²) in [6.07, 6.45) is 2.90. The summed E-state index contributed by atoms with van der Waals surface area (Å²) >= 11 is 0. The summed E-state index contributed by atoms with van der Waals surface area (Å²) in [4.78, 5) is 27.6. The van der Waals surface area contributed by atoms with Crippen molar-refractivity contribution in [1.29, 1.82) is 0 Å². The molecule has 0 heterocycles. The number of hydrogen-bond acceptors (Lipinski definition) is 7. The number of ketones is 2. The monoisotopic (exact) mass is 520 g/mol. The number of fused-ring (bicyclic) bond motifs is 5. The minimum Gasteiger partial charge on any atom is -0.395 e. The zero-order chi connectivity index (χ0) is 28.0. The number of aliphatic hydroxyl groups excluding tert-OH is 3. The molecule has 0 saturated heterocycles. The second-order valence-corrected chi connectivity index (χ2v) is 14.6. The maximum absolute atomic E-state index is 14.3. The number of Topliss-reactive ketones (excluding diaryl/α,β-unsaturated/α-hetero) is 2. The highest BCUT2D eigenvalue weighted by atomic mass is 16.3. The SMILES string of the molecule is CC(C)(O)CCC(=O)[C@](C)(O)[C@H]1[C@H](O)C[C@@]2(C)[C@@H]3CC=C4[C@@H](CC[C@H](O)C4(C)C)[C@]3(CO)C(=O)C[C@]12C. The van der Waals surface area contributed by atoms with Crippen LogP contribution < -0.4 is 0 Å². The zero-order valence-electron chi connectivity index (χ0n) is 23.7. The summed E-state index contributed by atoms with van der Waals surface area (Å²) in [5.41, 5.74) is -4.88. The van der Waals surface area contributed by atoms with E-state index < -0.39 is 56.8 Å². The smallest absolute Gasteiger partial charge is 0.164 e. The lowest BCUT2D eigenvalue weighted by Gasteiger charge is -2.65. The maximum atomic E-state index is 14.3. The molecule has 3 fully saturated rings. The second kappa shape index (κ2) is 8.69. The molecule has 0 aromatic rings. The Kier molecular flexibility index (Phi) is 6.78. The van der Waals surface area contributed by atoms with Crippen LogP contribution in [0, 0.1) is 39.4 Å². The van der Waals surface area contributed by atoms with Crippen molar-refractivity contribution < 1.29 is 35.1 Å². The minimum atomic E-state index is -1.87. The molecule has 0 aromatic carbocycles. The quantitative estimate of drug-likeness (QED) is 0.340. The van der Waals surface area contributed by atoms with Gasteiger partial charge in [-0.2, -0.15) is 0 Å². The Morgan fingerprint density at radius 3 is 2.24 bits per heavy atom. The van der Waals surface area contributed by atoms with Gasteiger partial charge in [-0.1, -0.05) is 39.3 Å². The highest BCUT2D eigenvalue weighted by Crippen LogP contribution is 2.74. The standard InChI is InChI=1S/C30H48O7/c1-25(2,36)13-12-22(34)29(7,37)24-19(32)14-27(5)20-10-8-17-18(9-11-21(33)26(17,3)4)30(20,16-31)23(35)15-28(24,27)6/h8,18-21,24,31-33,36-37H,9-16H2,1-7H3/t18-,19-,20+,21+,24+,27+,28-,29+,30+/m1/s1. The predicted molar refractivity (Wildman–Crippen MR) is 139 cm³/mol. The van der Waals surface area contributed by atoms with Gasteiger partial charge in [0.15, 0.2) is 5.78 Å². The Balaban J connectivity index is 1.78. The fourth-order valence-corrected chi connectivity index (χ4v) is 9.40.